The lowest BCUT2D eigenvalue weighted by Gasteiger charge is -2.04. The van der Waals surface area contributed by atoms with Gasteiger partial charge >= 0.3 is 0 Å². The van der Waals surface area contributed by atoms with Gasteiger partial charge in [0, 0.05) is 10.8 Å². The van der Waals surface area contributed by atoms with Crippen LogP contribution in [0.3, 0.4) is 0 Å². The topological polar surface area (TPSA) is 64.7 Å². The maximum atomic E-state index is 12.8. The number of nitrogens with zero attached hydrogens (tertiary/aromatic N) is 3. The summed E-state index contributed by atoms with van der Waals surface area (Å²) in [5.41, 5.74) is 5.69. The molecule has 0 unspecified atom stereocenters. The molecule has 1 saturated carbocycles. The first-order chi connectivity index (χ1) is 9.20. The lowest BCUT2D eigenvalue weighted by Crippen LogP contribution is -2.05. The van der Waals surface area contributed by atoms with Crippen molar-refractivity contribution < 1.29 is 4.39 Å². The van der Waals surface area contributed by atoms with Gasteiger partial charge < -0.3 is 5.73 Å². The van der Waals surface area contributed by atoms with Gasteiger partial charge in [-0.25, -0.2) is 9.37 Å². The first-order valence-corrected chi connectivity index (χ1v) is 7.08. The fourth-order valence-corrected chi connectivity index (χ4v) is 2.48. The number of benzene rings is 1. The van der Waals surface area contributed by atoms with Gasteiger partial charge in [-0.2, -0.15) is 9.97 Å². The van der Waals surface area contributed by atoms with Crippen molar-refractivity contribution in [3.63, 3.8) is 0 Å². The van der Waals surface area contributed by atoms with Gasteiger partial charge in [-0.15, -0.1) is 11.8 Å². The average molecular weight is 276 g/mol. The molecule has 0 spiro atoms. The molecule has 2 N–H and O–H groups in total. The Bertz CT molecular complexity index is 584. The predicted octanol–water partition coefficient (Wildman–Crippen LogP) is 2.76. The fourth-order valence-electron chi connectivity index (χ4n) is 1.72. The zero-order chi connectivity index (χ0) is 13.2. The van der Waals surface area contributed by atoms with Gasteiger partial charge in [0.2, 0.25) is 5.95 Å². The third-order valence-electron chi connectivity index (χ3n) is 2.84. The molecule has 2 aromatic rings. The van der Waals surface area contributed by atoms with Crippen LogP contribution in [-0.4, -0.2) is 15.0 Å². The van der Waals surface area contributed by atoms with E-state index in [-0.39, 0.29) is 11.8 Å². The number of aromatic nitrogens is 3. The van der Waals surface area contributed by atoms with Crippen LogP contribution in [0.1, 0.15) is 30.4 Å². The molecule has 0 radical (unpaired) electrons. The third kappa shape index (κ3) is 3.20. The van der Waals surface area contributed by atoms with E-state index in [1.165, 1.54) is 12.1 Å². The van der Waals surface area contributed by atoms with Crippen molar-refractivity contribution >= 4 is 17.7 Å². The molecule has 6 heteroatoms. The molecule has 1 aliphatic carbocycles. The van der Waals surface area contributed by atoms with Crippen molar-refractivity contribution in [1.82, 2.24) is 15.0 Å². The van der Waals surface area contributed by atoms with Gasteiger partial charge in [-0.3, -0.25) is 0 Å². The van der Waals surface area contributed by atoms with E-state index >= 15 is 0 Å². The summed E-state index contributed by atoms with van der Waals surface area (Å²) >= 11 is 1.56. The normalized spacial score (nSPS) is 14.6. The SMILES string of the molecule is Nc1nc(CSc2ccc(F)cc2)nc(C2CC2)n1. The molecule has 0 saturated heterocycles. The number of nitrogen functional groups attached to an aromatic ring is 1. The highest BCUT2D eigenvalue weighted by Gasteiger charge is 2.27. The van der Waals surface area contributed by atoms with Crippen molar-refractivity contribution in [1.29, 1.82) is 0 Å². The van der Waals surface area contributed by atoms with Crippen LogP contribution < -0.4 is 5.73 Å². The zero-order valence-electron chi connectivity index (χ0n) is 10.2. The van der Waals surface area contributed by atoms with Crippen LogP contribution in [-0.2, 0) is 5.75 Å². The lowest BCUT2D eigenvalue weighted by atomic mass is 10.4. The minimum atomic E-state index is -0.232. The lowest BCUT2D eigenvalue weighted by molar-refractivity contribution is 0.626. The molecule has 19 heavy (non-hydrogen) atoms. The van der Waals surface area contributed by atoms with E-state index in [1.807, 2.05) is 0 Å². The second kappa shape index (κ2) is 5.13. The minimum Gasteiger partial charge on any atom is -0.368 e. The summed E-state index contributed by atoms with van der Waals surface area (Å²) in [6, 6.07) is 6.37. The highest BCUT2D eigenvalue weighted by molar-refractivity contribution is 7.98. The van der Waals surface area contributed by atoms with E-state index in [9.17, 15) is 4.39 Å². The second-order valence-corrected chi connectivity index (χ2v) is 5.53. The summed E-state index contributed by atoms with van der Waals surface area (Å²) < 4.78 is 12.8. The van der Waals surface area contributed by atoms with Crippen LogP contribution >= 0.6 is 11.8 Å². The molecule has 0 atom stereocenters. The Hall–Kier alpha value is -1.69. The molecule has 0 bridgehead atoms. The smallest absolute Gasteiger partial charge is 0.223 e. The molecule has 1 fully saturated rings. The van der Waals surface area contributed by atoms with E-state index in [0.717, 1.165) is 23.6 Å². The molecule has 1 aliphatic rings. The number of halogens is 1. The van der Waals surface area contributed by atoms with E-state index in [4.69, 9.17) is 5.73 Å². The van der Waals surface area contributed by atoms with Crippen LogP contribution in [0.15, 0.2) is 29.2 Å². The summed E-state index contributed by atoms with van der Waals surface area (Å²) in [7, 11) is 0. The largest absolute Gasteiger partial charge is 0.368 e. The quantitative estimate of drug-likeness (QED) is 0.870. The first kappa shape index (κ1) is 12.3. The van der Waals surface area contributed by atoms with Gasteiger partial charge in [0.15, 0.2) is 0 Å². The van der Waals surface area contributed by atoms with Crippen LogP contribution in [0, 0.1) is 5.82 Å². The van der Waals surface area contributed by atoms with Crippen LogP contribution in [0.5, 0.6) is 0 Å². The van der Waals surface area contributed by atoms with Crippen molar-refractivity contribution in [2.75, 3.05) is 5.73 Å². The molecule has 4 nitrogen and oxygen atoms in total. The Morgan fingerprint density at radius 2 is 1.89 bits per heavy atom. The van der Waals surface area contributed by atoms with E-state index in [2.05, 4.69) is 15.0 Å². The van der Waals surface area contributed by atoms with Gasteiger partial charge in [0.1, 0.15) is 17.5 Å². The molecule has 1 aromatic carbocycles. The van der Waals surface area contributed by atoms with Gasteiger partial charge in [0.05, 0.1) is 5.75 Å². The fraction of sp³-hybridized carbons (Fsp3) is 0.308. The standard InChI is InChI=1S/C13H13FN4S/c14-9-3-5-10(6-4-9)19-7-11-16-12(8-1-2-8)18-13(15)17-11/h3-6,8H,1-2,7H2,(H2,15,16,17,18). The van der Waals surface area contributed by atoms with E-state index in [1.54, 1.807) is 23.9 Å². The number of hydrogen-bond acceptors (Lipinski definition) is 5. The summed E-state index contributed by atoms with van der Waals surface area (Å²) in [5.74, 6) is 2.61. The van der Waals surface area contributed by atoms with Crippen LogP contribution in [0.4, 0.5) is 10.3 Å². The average Bonchev–Trinajstić information content (AvgIpc) is 3.22. The predicted molar refractivity (Wildman–Crippen MR) is 72.2 cm³/mol. The molecule has 0 aliphatic heterocycles. The van der Waals surface area contributed by atoms with Crippen molar-refractivity contribution in [3.8, 4) is 0 Å². The Labute approximate surface area is 114 Å². The highest BCUT2D eigenvalue weighted by atomic mass is 32.2. The summed E-state index contributed by atoms with van der Waals surface area (Å²) in [6.45, 7) is 0. The summed E-state index contributed by atoms with van der Waals surface area (Å²) in [5, 5.41) is 0. The molecule has 1 aromatic heterocycles. The van der Waals surface area contributed by atoms with Gasteiger partial charge in [-0.05, 0) is 37.1 Å². The van der Waals surface area contributed by atoms with Crippen molar-refractivity contribution in [2.24, 2.45) is 0 Å². The first-order valence-electron chi connectivity index (χ1n) is 6.09. The van der Waals surface area contributed by atoms with Gasteiger partial charge in [-0.1, -0.05) is 0 Å². The maximum absolute atomic E-state index is 12.8. The Morgan fingerprint density at radius 3 is 2.58 bits per heavy atom. The summed E-state index contributed by atoms with van der Waals surface area (Å²) in [4.78, 5) is 13.7. The monoisotopic (exact) mass is 276 g/mol. The van der Waals surface area contributed by atoms with E-state index < -0.39 is 0 Å². The molecule has 0 amide bonds. The second-order valence-electron chi connectivity index (χ2n) is 4.48. The maximum Gasteiger partial charge on any atom is 0.223 e. The number of hydrogen-bond donors (Lipinski definition) is 1. The van der Waals surface area contributed by atoms with E-state index in [0.29, 0.717) is 17.5 Å². The van der Waals surface area contributed by atoms with Gasteiger partial charge in [0.25, 0.3) is 0 Å². The number of anilines is 1. The minimum absolute atomic E-state index is 0.232. The molecule has 1 heterocycles. The summed E-state index contributed by atoms with van der Waals surface area (Å²) in [6.07, 6.45) is 2.27. The Kier molecular flexibility index (Phi) is 3.33. The molecule has 98 valence electrons. The van der Waals surface area contributed by atoms with Crippen LogP contribution in [0.2, 0.25) is 0 Å². The Balaban J connectivity index is 1.70. The highest BCUT2D eigenvalue weighted by Crippen LogP contribution is 2.38. The van der Waals surface area contributed by atoms with Crippen LogP contribution in [0.25, 0.3) is 0 Å². The number of rotatable bonds is 4. The van der Waals surface area contributed by atoms with Crippen molar-refractivity contribution in [3.05, 3.63) is 41.7 Å². The van der Waals surface area contributed by atoms with Crippen molar-refractivity contribution in [2.45, 2.75) is 29.4 Å². The number of thioether (sulfide) groups is 1. The molecular weight excluding hydrogens is 263 g/mol. The molecule has 3 rings (SSSR count). The third-order valence-corrected chi connectivity index (χ3v) is 3.85. The zero-order valence-corrected chi connectivity index (χ0v) is 11.0. The Morgan fingerprint density at radius 1 is 1.16 bits per heavy atom. The number of nitrogens with two attached hydrogens (primary N) is 1. The molecular formula is C13H13FN4S.